The minimum absolute atomic E-state index is 0.136. The van der Waals surface area contributed by atoms with Crippen LogP contribution in [0.15, 0.2) is 30.5 Å². The standard InChI is InChI=1S/C13H12F3N3/c14-13(15,16)10-4-2-1-3-9(10)11-8-19-6-5-17-7-12(19)18-11/h1-4,8,17H,5-7H2. The summed E-state index contributed by atoms with van der Waals surface area (Å²) >= 11 is 0. The maximum atomic E-state index is 13.0. The molecule has 0 atom stereocenters. The number of fused-ring (bicyclic) bond motifs is 1. The van der Waals surface area contributed by atoms with Crippen LogP contribution in [0.5, 0.6) is 0 Å². The third-order valence-corrected chi connectivity index (χ3v) is 3.18. The molecule has 100 valence electrons. The number of aromatic nitrogens is 2. The van der Waals surface area contributed by atoms with Gasteiger partial charge in [0.05, 0.1) is 17.8 Å². The second kappa shape index (κ2) is 4.38. The smallest absolute Gasteiger partial charge is 0.332 e. The van der Waals surface area contributed by atoms with Crippen LogP contribution in [0.4, 0.5) is 13.2 Å². The van der Waals surface area contributed by atoms with Crippen molar-refractivity contribution in [1.82, 2.24) is 14.9 Å². The molecule has 19 heavy (non-hydrogen) atoms. The highest BCUT2D eigenvalue weighted by atomic mass is 19.4. The van der Waals surface area contributed by atoms with Crippen molar-refractivity contribution in [2.24, 2.45) is 0 Å². The summed E-state index contributed by atoms with van der Waals surface area (Å²) < 4.78 is 40.8. The molecule has 1 N–H and O–H groups in total. The molecule has 0 saturated carbocycles. The van der Waals surface area contributed by atoms with Gasteiger partial charge in [-0.2, -0.15) is 13.2 Å². The van der Waals surface area contributed by atoms with E-state index in [1.165, 1.54) is 12.1 Å². The first kappa shape index (κ1) is 12.2. The molecule has 1 aromatic carbocycles. The Bertz CT molecular complexity index is 578. The van der Waals surface area contributed by atoms with E-state index in [1.54, 1.807) is 12.3 Å². The lowest BCUT2D eigenvalue weighted by Gasteiger charge is -2.13. The molecule has 0 unspecified atom stereocenters. The van der Waals surface area contributed by atoms with E-state index in [4.69, 9.17) is 0 Å². The molecule has 2 heterocycles. The maximum Gasteiger partial charge on any atom is 0.417 e. The van der Waals surface area contributed by atoms with Gasteiger partial charge in [-0.1, -0.05) is 18.2 Å². The van der Waals surface area contributed by atoms with E-state index in [-0.39, 0.29) is 5.56 Å². The molecule has 0 amide bonds. The second-order valence-electron chi connectivity index (χ2n) is 4.46. The van der Waals surface area contributed by atoms with Gasteiger partial charge >= 0.3 is 6.18 Å². The molecule has 0 radical (unpaired) electrons. The number of nitrogens with one attached hydrogen (secondary N) is 1. The Morgan fingerprint density at radius 2 is 2.00 bits per heavy atom. The summed E-state index contributed by atoms with van der Waals surface area (Å²) in [6.45, 7) is 2.13. The highest BCUT2D eigenvalue weighted by molar-refractivity contribution is 5.64. The van der Waals surface area contributed by atoms with Crippen molar-refractivity contribution >= 4 is 0 Å². The Morgan fingerprint density at radius 3 is 2.74 bits per heavy atom. The van der Waals surface area contributed by atoms with E-state index in [0.29, 0.717) is 12.2 Å². The van der Waals surface area contributed by atoms with Gasteiger partial charge in [0.2, 0.25) is 0 Å². The lowest BCUT2D eigenvalue weighted by atomic mass is 10.0. The molecule has 0 saturated heterocycles. The van der Waals surface area contributed by atoms with Crippen molar-refractivity contribution in [3.05, 3.63) is 41.9 Å². The summed E-state index contributed by atoms with van der Waals surface area (Å²) in [5.74, 6) is 0.776. The molecule has 0 aliphatic carbocycles. The summed E-state index contributed by atoms with van der Waals surface area (Å²) in [5.41, 5.74) is -0.123. The fourth-order valence-corrected chi connectivity index (χ4v) is 2.27. The van der Waals surface area contributed by atoms with Crippen molar-refractivity contribution in [2.45, 2.75) is 19.3 Å². The number of imidazole rings is 1. The number of alkyl halides is 3. The van der Waals surface area contributed by atoms with Crippen LogP contribution in [0.3, 0.4) is 0 Å². The van der Waals surface area contributed by atoms with Crippen LogP contribution in [0.2, 0.25) is 0 Å². The monoisotopic (exact) mass is 267 g/mol. The minimum Gasteiger partial charge on any atom is -0.332 e. The van der Waals surface area contributed by atoms with E-state index in [1.807, 2.05) is 4.57 Å². The third-order valence-electron chi connectivity index (χ3n) is 3.18. The molecule has 0 bridgehead atoms. The Balaban J connectivity index is 2.09. The first-order chi connectivity index (χ1) is 9.05. The normalized spacial score (nSPS) is 15.3. The predicted octanol–water partition coefficient (Wildman–Crippen LogP) is 2.67. The van der Waals surface area contributed by atoms with Crippen LogP contribution in [0.1, 0.15) is 11.4 Å². The Morgan fingerprint density at radius 1 is 1.21 bits per heavy atom. The molecule has 3 nitrogen and oxygen atoms in total. The topological polar surface area (TPSA) is 29.9 Å². The molecule has 3 rings (SSSR count). The van der Waals surface area contributed by atoms with Gasteiger partial charge in [0, 0.05) is 24.8 Å². The fraction of sp³-hybridized carbons (Fsp3) is 0.308. The number of hydrogen-bond donors (Lipinski definition) is 1. The highest BCUT2D eigenvalue weighted by Gasteiger charge is 2.34. The van der Waals surface area contributed by atoms with Crippen molar-refractivity contribution < 1.29 is 13.2 Å². The van der Waals surface area contributed by atoms with Gasteiger partial charge in [0.15, 0.2) is 0 Å². The van der Waals surface area contributed by atoms with Crippen LogP contribution in [-0.2, 0) is 19.3 Å². The lowest BCUT2D eigenvalue weighted by molar-refractivity contribution is -0.137. The van der Waals surface area contributed by atoms with Crippen LogP contribution < -0.4 is 5.32 Å². The van der Waals surface area contributed by atoms with Gasteiger partial charge in [-0.3, -0.25) is 0 Å². The first-order valence-corrected chi connectivity index (χ1v) is 5.99. The summed E-state index contributed by atoms with van der Waals surface area (Å²) in [5, 5.41) is 3.15. The molecular formula is C13H12F3N3. The van der Waals surface area contributed by atoms with Gasteiger partial charge in [-0.15, -0.1) is 0 Å². The number of halogens is 3. The predicted molar refractivity (Wildman–Crippen MR) is 64.4 cm³/mol. The third kappa shape index (κ3) is 2.23. The number of hydrogen-bond acceptors (Lipinski definition) is 2. The van der Waals surface area contributed by atoms with Gasteiger partial charge < -0.3 is 9.88 Å². The molecule has 1 aliphatic rings. The molecule has 0 fully saturated rings. The SMILES string of the molecule is FC(F)(F)c1ccccc1-c1cn2c(n1)CNCC2. The average molecular weight is 267 g/mol. The van der Waals surface area contributed by atoms with Crippen molar-refractivity contribution in [3.8, 4) is 11.3 Å². The zero-order valence-electron chi connectivity index (χ0n) is 10.0. The van der Waals surface area contributed by atoms with E-state index in [9.17, 15) is 13.2 Å². The second-order valence-corrected chi connectivity index (χ2v) is 4.46. The Hall–Kier alpha value is -1.82. The quantitative estimate of drug-likeness (QED) is 0.861. The van der Waals surface area contributed by atoms with E-state index in [0.717, 1.165) is 25.0 Å². The molecular weight excluding hydrogens is 255 g/mol. The summed E-state index contributed by atoms with van der Waals surface area (Å²) in [4.78, 5) is 4.30. The van der Waals surface area contributed by atoms with Crippen molar-refractivity contribution in [3.63, 3.8) is 0 Å². The van der Waals surface area contributed by atoms with Gasteiger partial charge in [0.25, 0.3) is 0 Å². The van der Waals surface area contributed by atoms with Gasteiger partial charge in [-0.05, 0) is 6.07 Å². The number of nitrogens with zero attached hydrogens (tertiary/aromatic N) is 2. The first-order valence-electron chi connectivity index (χ1n) is 5.99. The summed E-state index contributed by atoms with van der Waals surface area (Å²) in [6, 6.07) is 5.54. The molecule has 1 aliphatic heterocycles. The van der Waals surface area contributed by atoms with Crippen molar-refractivity contribution in [2.75, 3.05) is 6.54 Å². The van der Waals surface area contributed by atoms with Crippen LogP contribution in [0.25, 0.3) is 11.3 Å². The molecule has 0 spiro atoms. The van der Waals surface area contributed by atoms with E-state index < -0.39 is 11.7 Å². The maximum absolute atomic E-state index is 13.0. The lowest BCUT2D eigenvalue weighted by Crippen LogP contribution is -2.27. The average Bonchev–Trinajstić information content (AvgIpc) is 2.81. The fourth-order valence-electron chi connectivity index (χ4n) is 2.27. The highest BCUT2D eigenvalue weighted by Crippen LogP contribution is 2.36. The van der Waals surface area contributed by atoms with Crippen LogP contribution in [-0.4, -0.2) is 16.1 Å². The largest absolute Gasteiger partial charge is 0.417 e. The van der Waals surface area contributed by atoms with E-state index >= 15 is 0 Å². The number of rotatable bonds is 1. The van der Waals surface area contributed by atoms with Crippen LogP contribution >= 0.6 is 0 Å². The Kier molecular flexibility index (Phi) is 2.82. The molecule has 2 aromatic rings. The van der Waals surface area contributed by atoms with E-state index in [2.05, 4.69) is 10.3 Å². The molecule has 6 heteroatoms. The minimum atomic E-state index is -4.36. The summed E-state index contributed by atoms with van der Waals surface area (Å²) in [7, 11) is 0. The molecule has 1 aromatic heterocycles. The van der Waals surface area contributed by atoms with Gasteiger partial charge in [0.1, 0.15) is 5.82 Å². The van der Waals surface area contributed by atoms with Crippen LogP contribution in [0, 0.1) is 0 Å². The number of benzene rings is 1. The van der Waals surface area contributed by atoms with Crippen molar-refractivity contribution in [1.29, 1.82) is 0 Å². The Labute approximate surface area is 108 Å². The zero-order chi connectivity index (χ0) is 13.5. The van der Waals surface area contributed by atoms with Gasteiger partial charge in [-0.25, -0.2) is 4.98 Å². The zero-order valence-corrected chi connectivity index (χ0v) is 10.0. The summed E-state index contributed by atoms with van der Waals surface area (Å²) in [6.07, 6.45) is -2.67.